The molecule has 2 aliphatic heterocycles. The van der Waals surface area contributed by atoms with Gasteiger partial charge < -0.3 is 15.1 Å². The van der Waals surface area contributed by atoms with Crippen LogP contribution in [0.15, 0.2) is 23.1 Å². The molecule has 3 amide bonds. The second-order valence-corrected chi connectivity index (χ2v) is 10.1. The summed E-state index contributed by atoms with van der Waals surface area (Å²) in [5.41, 5.74) is 0. The number of rotatable bonds is 5. The number of nitrogens with zero attached hydrogens (tertiary/aromatic N) is 3. The quantitative estimate of drug-likeness (QED) is 0.706. The van der Waals surface area contributed by atoms with E-state index in [2.05, 4.69) is 5.32 Å². The van der Waals surface area contributed by atoms with Crippen LogP contribution in [0, 0.1) is 0 Å². The van der Waals surface area contributed by atoms with E-state index >= 15 is 0 Å². The van der Waals surface area contributed by atoms with E-state index in [1.807, 2.05) is 4.90 Å². The first-order valence-corrected chi connectivity index (χ1v) is 12.2. The zero-order chi connectivity index (χ0) is 21.7. The van der Waals surface area contributed by atoms with E-state index < -0.39 is 10.0 Å². The van der Waals surface area contributed by atoms with Crippen LogP contribution in [0.2, 0.25) is 10.0 Å². The van der Waals surface area contributed by atoms with Gasteiger partial charge in [-0.15, -0.1) is 0 Å². The fourth-order valence-corrected chi connectivity index (χ4v) is 5.42. The molecule has 2 heterocycles. The van der Waals surface area contributed by atoms with Crippen LogP contribution < -0.4 is 5.32 Å². The summed E-state index contributed by atoms with van der Waals surface area (Å²) in [6, 6.07) is 3.92. The molecule has 8 nitrogen and oxygen atoms in total. The topological polar surface area (TPSA) is 90.0 Å². The number of piperidine rings is 1. The van der Waals surface area contributed by atoms with Gasteiger partial charge in [-0.1, -0.05) is 23.2 Å². The van der Waals surface area contributed by atoms with Gasteiger partial charge in [0.05, 0.1) is 14.9 Å². The predicted molar refractivity (Wildman–Crippen MR) is 115 cm³/mol. The fraction of sp³-hybridized carbons (Fsp3) is 0.579. The lowest BCUT2D eigenvalue weighted by atomic mass is 10.1. The highest BCUT2D eigenvalue weighted by molar-refractivity contribution is 7.89. The summed E-state index contributed by atoms with van der Waals surface area (Å²) in [4.78, 5) is 28.0. The van der Waals surface area contributed by atoms with Crippen molar-refractivity contribution in [2.24, 2.45) is 0 Å². The highest BCUT2D eigenvalue weighted by Crippen LogP contribution is 2.27. The Labute approximate surface area is 187 Å². The molecule has 0 saturated carbocycles. The van der Waals surface area contributed by atoms with Gasteiger partial charge in [0.2, 0.25) is 15.9 Å². The monoisotopic (exact) mass is 476 g/mol. The van der Waals surface area contributed by atoms with Gasteiger partial charge in [-0.3, -0.25) is 4.79 Å². The van der Waals surface area contributed by atoms with E-state index in [1.54, 1.807) is 4.90 Å². The lowest BCUT2D eigenvalue weighted by Crippen LogP contribution is -2.53. The summed E-state index contributed by atoms with van der Waals surface area (Å²) in [6.07, 6.45) is 3.51. The SMILES string of the molecule is O=C(CCNC(=O)N1CCN(S(=O)(=O)c2ccc(Cl)c(Cl)c2)CC1)N1CCCCC1. The van der Waals surface area contributed by atoms with Gasteiger partial charge >= 0.3 is 6.03 Å². The number of sulfonamides is 1. The summed E-state index contributed by atoms with van der Waals surface area (Å²) in [6.45, 7) is 2.77. The molecule has 0 aromatic heterocycles. The molecule has 1 N–H and O–H groups in total. The Morgan fingerprint density at radius 1 is 0.900 bits per heavy atom. The Balaban J connectivity index is 1.45. The minimum absolute atomic E-state index is 0.0625. The Kier molecular flexibility index (Phi) is 7.84. The van der Waals surface area contributed by atoms with E-state index in [4.69, 9.17) is 23.2 Å². The van der Waals surface area contributed by atoms with E-state index in [0.717, 1.165) is 32.4 Å². The maximum atomic E-state index is 12.8. The highest BCUT2D eigenvalue weighted by Gasteiger charge is 2.30. The van der Waals surface area contributed by atoms with Gasteiger partial charge in [0, 0.05) is 52.2 Å². The molecular formula is C19H26Cl2N4O4S. The number of amides is 3. The third kappa shape index (κ3) is 5.57. The van der Waals surface area contributed by atoms with Crippen molar-refractivity contribution < 1.29 is 18.0 Å². The van der Waals surface area contributed by atoms with Crippen molar-refractivity contribution in [1.29, 1.82) is 0 Å². The van der Waals surface area contributed by atoms with Crippen molar-refractivity contribution in [3.05, 3.63) is 28.2 Å². The third-order valence-electron chi connectivity index (χ3n) is 5.38. The average Bonchev–Trinajstić information content (AvgIpc) is 2.76. The van der Waals surface area contributed by atoms with Gasteiger partial charge in [-0.05, 0) is 37.5 Å². The fourth-order valence-electron chi connectivity index (χ4n) is 3.61. The van der Waals surface area contributed by atoms with E-state index in [-0.39, 0.29) is 66.0 Å². The number of carbonyl (C=O) groups excluding carboxylic acids is 2. The molecule has 0 radical (unpaired) electrons. The van der Waals surface area contributed by atoms with Gasteiger partial charge in [0.15, 0.2) is 0 Å². The van der Waals surface area contributed by atoms with Crippen LogP contribution >= 0.6 is 23.2 Å². The molecule has 11 heteroatoms. The Bertz CT molecular complexity index is 883. The maximum Gasteiger partial charge on any atom is 0.317 e. The second-order valence-electron chi connectivity index (χ2n) is 7.39. The number of benzene rings is 1. The first-order valence-electron chi connectivity index (χ1n) is 10.0. The van der Waals surface area contributed by atoms with Crippen LogP contribution in [0.3, 0.4) is 0 Å². The minimum atomic E-state index is -3.71. The van der Waals surface area contributed by atoms with Crippen LogP contribution in [-0.2, 0) is 14.8 Å². The van der Waals surface area contributed by atoms with Crippen LogP contribution in [0.25, 0.3) is 0 Å². The average molecular weight is 477 g/mol. The van der Waals surface area contributed by atoms with Crippen molar-refractivity contribution in [1.82, 2.24) is 19.4 Å². The molecule has 1 aromatic carbocycles. The summed E-state index contributed by atoms with van der Waals surface area (Å²) < 4.78 is 26.9. The van der Waals surface area contributed by atoms with Gasteiger partial charge in [0.1, 0.15) is 0 Å². The highest BCUT2D eigenvalue weighted by atomic mass is 35.5. The van der Waals surface area contributed by atoms with Crippen molar-refractivity contribution in [2.45, 2.75) is 30.6 Å². The summed E-state index contributed by atoms with van der Waals surface area (Å²) in [5.74, 6) is 0.0625. The molecular weight excluding hydrogens is 451 g/mol. The van der Waals surface area contributed by atoms with Crippen LogP contribution in [-0.4, -0.2) is 80.3 Å². The van der Waals surface area contributed by atoms with E-state index in [0.29, 0.717) is 0 Å². The van der Waals surface area contributed by atoms with Crippen LogP contribution in [0.4, 0.5) is 4.79 Å². The molecule has 0 spiro atoms. The Morgan fingerprint density at radius 3 is 2.20 bits per heavy atom. The van der Waals surface area contributed by atoms with E-state index in [1.165, 1.54) is 22.5 Å². The zero-order valence-electron chi connectivity index (χ0n) is 16.6. The molecule has 0 atom stereocenters. The minimum Gasteiger partial charge on any atom is -0.343 e. The number of piperazine rings is 1. The number of likely N-dealkylation sites (tertiary alicyclic amines) is 1. The second kappa shape index (κ2) is 10.2. The summed E-state index contributed by atoms with van der Waals surface area (Å²) >= 11 is 11.8. The van der Waals surface area contributed by atoms with Crippen molar-refractivity contribution in [3.8, 4) is 0 Å². The van der Waals surface area contributed by atoms with Crippen LogP contribution in [0.1, 0.15) is 25.7 Å². The molecule has 166 valence electrons. The first kappa shape index (κ1) is 23.1. The van der Waals surface area contributed by atoms with Crippen molar-refractivity contribution >= 4 is 45.2 Å². The lowest BCUT2D eigenvalue weighted by molar-refractivity contribution is -0.131. The zero-order valence-corrected chi connectivity index (χ0v) is 19.0. The number of carbonyl (C=O) groups is 2. The number of halogens is 2. The smallest absolute Gasteiger partial charge is 0.317 e. The maximum absolute atomic E-state index is 12.8. The molecule has 30 heavy (non-hydrogen) atoms. The molecule has 2 fully saturated rings. The Hall–Kier alpha value is -1.55. The molecule has 2 saturated heterocycles. The molecule has 2 aliphatic rings. The number of hydrogen-bond acceptors (Lipinski definition) is 4. The van der Waals surface area contributed by atoms with Gasteiger partial charge in [0.25, 0.3) is 0 Å². The number of hydrogen-bond donors (Lipinski definition) is 1. The van der Waals surface area contributed by atoms with Crippen LogP contribution in [0.5, 0.6) is 0 Å². The number of urea groups is 1. The largest absolute Gasteiger partial charge is 0.343 e. The standard InChI is InChI=1S/C19H26Cl2N4O4S/c20-16-5-4-15(14-17(16)21)30(28,29)25-12-10-24(11-13-25)19(27)22-7-6-18(26)23-8-2-1-3-9-23/h4-5,14H,1-3,6-13H2,(H,22,27). The normalized spacial score (nSPS) is 18.3. The molecule has 3 rings (SSSR count). The molecule has 0 bridgehead atoms. The Morgan fingerprint density at radius 2 is 1.57 bits per heavy atom. The predicted octanol–water partition coefficient (Wildman–Crippen LogP) is 2.41. The van der Waals surface area contributed by atoms with Crippen molar-refractivity contribution in [3.63, 3.8) is 0 Å². The molecule has 0 aliphatic carbocycles. The lowest BCUT2D eigenvalue weighted by Gasteiger charge is -2.34. The first-order chi connectivity index (χ1) is 14.3. The third-order valence-corrected chi connectivity index (χ3v) is 8.01. The molecule has 0 unspecified atom stereocenters. The van der Waals surface area contributed by atoms with Gasteiger partial charge in [-0.2, -0.15) is 4.31 Å². The summed E-state index contributed by atoms with van der Waals surface area (Å²) in [5, 5.41) is 3.22. The van der Waals surface area contributed by atoms with E-state index in [9.17, 15) is 18.0 Å². The molecule has 1 aromatic rings. The van der Waals surface area contributed by atoms with Crippen molar-refractivity contribution in [2.75, 3.05) is 45.8 Å². The number of nitrogens with one attached hydrogen (secondary N) is 1. The van der Waals surface area contributed by atoms with Gasteiger partial charge in [-0.25, -0.2) is 13.2 Å². The summed E-state index contributed by atoms with van der Waals surface area (Å²) in [7, 11) is -3.71.